The SMILES string of the molecule is Clc1ccccc1COc1ccccc1CNc1ccc(Br)cc1. The molecule has 4 heteroatoms. The van der Waals surface area contributed by atoms with Crippen molar-refractivity contribution in [2.45, 2.75) is 13.2 Å². The zero-order valence-corrected chi connectivity index (χ0v) is 15.3. The van der Waals surface area contributed by atoms with E-state index in [1.54, 1.807) is 0 Å². The Labute approximate surface area is 155 Å². The third kappa shape index (κ3) is 4.53. The van der Waals surface area contributed by atoms with Crippen molar-refractivity contribution >= 4 is 33.2 Å². The van der Waals surface area contributed by atoms with Crippen molar-refractivity contribution in [2.75, 3.05) is 5.32 Å². The molecule has 0 aliphatic rings. The second kappa shape index (κ2) is 8.22. The smallest absolute Gasteiger partial charge is 0.124 e. The molecule has 0 spiro atoms. The van der Waals surface area contributed by atoms with Crippen LogP contribution in [-0.2, 0) is 13.2 Å². The summed E-state index contributed by atoms with van der Waals surface area (Å²) in [4.78, 5) is 0. The van der Waals surface area contributed by atoms with Gasteiger partial charge in [-0.15, -0.1) is 0 Å². The second-order valence-corrected chi connectivity index (χ2v) is 6.67. The topological polar surface area (TPSA) is 21.3 Å². The van der Waals surface area contributed by atoms with E-state index in [0.29, 0.717) is 13.2 Å². The number of ether oxygens (including phenoxy) is 1. The molecule has 0 saturated carbocycles. The fraction of sp³-hybridized carbons (Fsp3) is 0.100. The zero-order chi connectivity index (χ0) is 16.8. The summed E-state index contributed by atoms with van der Waals surface area (Å²) >= 11 is 9.63. The van der Waals surface area contributed by atoms with Gasteiger partial charge < -0.3 is 10.1 Å². The zero-order valence-electron chi connectivity index (χ0n) is 13.0. The number of rotatable bonds is 6. The van der Waals surface area contributed by atoms with Gasteiger partial charge in [-0.1, -0.05) is 63.9 Å². The minimum Gasteiger partial charge on any atom is -0.488 e. The predicted octanol–water partition coefficient (Wildman–Crippen LogP) is 6.29. The molecule has 0 saturated heterocycles. The van der Waals surface area contributed by atoms with Gasteiger partial charge in [0.25, 0.3) is 0 Å². The molecule has 122 valence electrons. The van der Waals surface area contributed by atoms with E-state index < -0.39 is 0 Å². The van der Waals surface area contributed by atoms with Gasteiger partial charge in [0.1, 0.15) is 12.4 Å². The third-order valence-electron chi connectivity index (χ3n) is 3.64. The van der Waals surface area contributed by atoms with E-state index in [9.17, 15) is 0 Å². The van der Waals surface area contributed by atoms with Crippen molar-refractivity contribution in [2.24, 2.45) is 0 Å². The molecule has 0 atom stereocenters. The Morgan fingerprint density at radius 1 is 0.833 bits per heavy atom. The molecule has 24 heavy (non-hydrogen) atoms. The Kier molecular flexibility index (Phi) is 5.78. The lowest BCUT2D eigenvalue weighted by atomic mass is 10.2. The highest BCUT2D eigenvalue weighted by Gasteiger charge is 2.05. The third-order valence-corrected chi connectivity index (χ3v) is 4.54. The van der Waals surface area contributed by atoms with Crippen molar-refractivity contribution in [3.63, 3.8) is 0 Å². The molecule has 3 rings (SSSR count). The average molecular weight is 403 g/mol. The van der Waals surface area contributed by atoms with E-state index in [0.717, 1.165) is 32.1 Å². The monoisotopic (exact) mass is 401 g/mol. The normalized spacial score (nSPS) is 10.4. The molecule has 0 fully saturated rings. The summed E-state index contributed by atoms with van der Waals surface area (Å²) in [5.41, 5.74) is 3.15. The van der Waals surface area contributed by atoms with Gasteiger partial charge in [0, 0.05) is 32.9 Å². The van der Waals surface area contributed by atoms with Gasteiger partial charge in [-0.25, -0.2) is 0 Å². The number of hydrogen-bond donors (Lipinski definition) is 1. The van der Waals surface area contributed by atoms with Gasteiger partial charge in [0.2, 0.25) is 0 Å². The average Bonchev–Trinajstić information content (AvgIpc) is 2.61. The lowest BCUT2D eigenvalue weighted by Gasteiger charge is -2.13. The van der Waals surface area contributed by atoms with Crippen LogP contribution in [0.15, 0.2) is 77.3 Å². The first kappa shape index (κ1) is 16.9. The summed E-state index contributed by atoms with van der Waals surface area (Å²) < 4.78 is 7.05. The minimum atomic E-state index is 0.453. The lowest BCUT2D eigenvalue weighted by molar-refractivity contribution is 0.303. The molecule has 3 aromatic carbocycles. The summed E-state index contributed by atoms with van der Waals surface area (Å²) in [7, 11) is 0. The molecule has 0 heterocycles. The fourth-order valence-corrected chi connectivity index (χ4v) is 2.78. The molecule has 0 radical (unpaired) electrons. The summed E-state index contributed by atoms with van der Waals surface area (Å²) in [5, 5.41) is 4.14. The Hall–Kier alpha value is -1.97. The van der Waals surface area contributed by atoms with Crippen LogP contribution in [0.1, 0.15) is 11.1 Å². The number of para-hydroxylation sites is 1. The maximum Gasteiger partial charge on any atom is 0.124 e. The Balaban J connectivity index is 1.66. The number of benzene rings is 3. The highest BCUT2D eigenvalue weighted by atomic mass is 79.9. The first-order valence-corrected chi connectivity index (χ1v) is 8.83. The van der Waals surface area contributed by atoms with E-state index in [1.165, 1.54) is 0 Å². The lowest BCUT2D eigenvalue weighted by Crippen LogP contribution is -2.03. The highest BCUT2D eigenvalue weighted by Crippen LogP contribution is 2.23. The molecular formula is C20H17BrClNO. The van der Waals surface area contributed by atoms with E-state index in [-0.39, 0.29) is 0 Å². The van der Waals surface area contributed by atoms with Crippen molar-refractivity contribution in [3.8, 4) is 5.75 Å². The molecular weight excluding hydrogens is 386 g/mol. The van der Waals surface area contributed by atoms with Gasteiger partial charge in [0.15, 0.2) is 0 Å². The quantitative estimate of drug-likeness (QED) is 0.523. The number of halogens is 2. The largest absolute Gasteiger partial charge is 0.488 e. The van der Waals surface area contributed by atoms with E-state index in [1.807, 2.05) is 66.7 Å². The first-order valence-electron chi connectivity index (χ1n) is 7.66. The van der Waals surface area contributed by atoms with E-state index >= 15 is 0 Å². The van der Waals surface area contributed by atoms with Crippen LogP contribution in [0, 0.1) is 0 Å². The van der Waals surface area contributed by atoms with Crippen molar-refractivity contribution in [1.82, 2.24) is 0 Å². The summed E-state index contributed by atoms with van der Waals surface area (Å²) in [6, 6.07) is 23.9. The number of anilines is 1. The molecule has 2 nitrogen and oxygen atoms in total. The molecule has 0 bridgehead atoms. The number of hydrogen-bond acceptors (Lipinski definition) is 2. The predicted molar refractivity (Wildman–Crippen MR) is 104 cm³/mol. The van der Waals surface area contributed by atoms with Crippen LogP contribution < -0.4 is 10.1 Å². The fourth-order valence-electron chi connectivity index (χ4n) is 2.33. The summed E-state index contributed by atoms with van der Waals surface area (Å²) in [6.07, 6.45) is 0. The summed E-state index contributed by atoms with van der Waals surface area (Å²) in [5.74, 6) is 0.863. The second-order valence-electron chi connectivity index (χ2n) is 5.35. The molecule has 0 unspecified atom stereocenters. The molecule has 3 aromatic rings. The Morgan fingerprint density at radius 2 is 1.50 bits per heavy atom. The number of nitrogens with one attached hydrogen (secondary N) is 1. The van der Waals surface area contributed by atoms with Gasteiger partial charge in [0.05, 0.1) is 0 Å². The first-order chi connectivity index (χ1) is 11.7. The van der Waals surface area contributed by atoms with Crippen LogP contribution in [0.25, 0.3) is 0 Å². The van der Waals surface area contributed by atoms with Crippen LogP contribution in [0.5, 0.6) is 5.75 Å². The Morgan fingerprint density at radius 3 is 2.25 bits per heavy atom. The maximum absolute atomic E-state index is 6.19. The van der Waals surface area contributed by atoms with Gasteiger partial charge >= 0.3 is 0 Å². The minimum absolute atomic E-state index is 0.453. The van der Waals surface area contributed by atoms with Gasteiger partial charge in [-0.2, -0.15) is 0 Å². The standard InChI is InChI=1S/C20H17BrClNO/c21-17-9-11-18(12-10-17)23-13-15-5-2-4-8-20(15)24-14-16-6-1-3-7-19(16)22/h1-12,23H,13-14H2. The summed E-state index contributed by atoms with van der Waals surface area (Å²) in [6.45, 7) is 1.15. The van der Waals surface area contributed by atoms with Crippen molar-refractivity contribution < 1.29 is 4.74 Å². The van der Waals surface area contributed by atoms with Crippen LogP contribution >= 0.6 is 27.5 Å². The highest BCUT2D eigenvalue weighted by molar-refractivity contribution is 9.10. The van der Waals surface area contributed by atoms with Crippen LogP contribution in [0.4, 0.5) is 5.69 Å². The van der Waals surface area contributed by atoms with Gasteiger partial charge in [-0.3, -0.25) is 0 Å². The Bertz CT molecular complexity index is 805. The molecule has 0 aromatic heterocycles. The molecule has 0 amide bonds. The molecule has 0 aliphatic carbocycles. The molecule has 1 N–H and O–H groups in total. The van der Waals surface area contributed by atoms with Crippen LogP contribution in [0.2, 0.25) is 5.02 Å². The molecule has 0 aliphatic heterocycles. The van der Waals surface area contributed by atoms with Crippen molar-refractivity contribution in [3.05, 3.63) is 93.4 Å². The maximum atomic E-state index is 6.19. The van der Waals surface area contributed by atoms with Crippen molar-refractivity contribution in [1.29, 1.82) is 0 Å². The van der Waals surface area contributed by atoms with Crippen LogP contribution in [0.3, 0.4) is 0 Å². The van der Waals surface area contributed by atoms with Crippen LogP contribution in [-0.4, -0.2) is 0 Å². The van der Waals surface area contributed by atoms with E-state index in [2.05, 4.69) is 27.3 Å². The van der Waals surface area contributed by atoms with E-state index in [4.69, 9.17) is 16.3 Å². The van der Waals surface area contributed by atoms with Gasteiger partial charge in [-0.05, 0) is 36.4 Å².